The van der Waals surface area contributed by atoms with E-state index in [4.69, 9.17) is 10.5 Å². The Balaban J connectivity index is 2.32. The molecule has 19 heavy (non-hydrogen) atoms. The van der Waals surface area contributed by atoms with Crippen molar-refractivity contribution >= 4 is 28.3 Å². The zero-order valence-electron chi connectivity index (χ0n) is 10.9. The molecule has 7 nitrogen and oxygen atoms in total. The Morgan fingerprint density at radius 1 is 1.58 bits per heavy atom. The van der Waals surface area contributed by atoms with Crippen LogP contribution in [0.2, 0.25) is 0 Å². The Morgan fingerprint density at radius 2 is 2.32 bits per heavy atom. The lowest BCUT2D eigenvalue weighted by Gasteiger charge is -2.13. The number of methoxy groups -OCH3 is 1. The molecule has 8 heteroatoms. The number of aromatic nitrogens is 1. The van der Waals surface area contributed by atoms with Crippen molar-refractivity contribution in [3.8, 4) is 0 Å². The van der Waals surface area contributed by atoms with Gasteiger partial charge in [-0.05, 0) is 6.92 Å². The number of nitrogens with one attached hydrogen (secondary N) is 2. The van der Waals surface area contributed by atoms with Gasteiger partial charge in [0.15, 0.2) is 5.13 Å². The van der Waals surface area contributed by atoms with E-state index in [0.717, 1.165) is 0 Å². The van der Waals surface area contributed by atoms with E-state index in [-0.39, 0.29) is 18.2 Å². The number of thiazole rings is 1. The van der Waals surface area contributed by atoms with E-state index in [1.165, 1.54) is 11.3 Å². The second-order valence-corrected chi connectivity index (χ2v) is 4.82. The number of rotatable bonds is 7. The molecule has 1 atom stereocenters. The highest BCUT2D eigenvalue weighted by Gasteiger charge is 2.15. The standard InChI is InChI=1S/C11H18N4O3S/c1-7(10(17)13-3-4-18-2)14-9(16)5-8-6-19-11(12)15-8/h6-7H,3-5H2,1-2H3,(H2,12,15)(H,13,17)(H,14,16). The fourth-order valence-corrected chi connectivity index (χ4v) is 1.92. The van der Waals surface area contributed by atoms with Gasteiger partial charge in [-0.1, -0.05) is 0 Å². The van der Waals surface area contributed by atoms with Crippen LogP contribution < -0.4 is 16.4 Å². The van der Waals surface area contributed by atoms with Gasteiger partial charge in [-0.25, -0.2) is 4.98 Å². The molecule has 106 valence electrons. The minimum atomic E-state index is -0.597. The van der Waals surface area contributed by atoms with Crippen molar-refractivity contribution < 1.29 is 14.3 Å². The lowest BCUT2D eigenvalue weighted by molar-refractivity contribution is -0.128. The lowest BCUT2D eigenvalue weighted by Crippen LogP contribution is -2.46. The van der Waals surface area contributed by atoms with E-state index >= 15 is 0 Å². The highest BCUT2D eigenvalue weighted by molar-refractivity contribution is 7.13. The highest BCUT2D eigenvalue weighted by atomic mass is 32.1. The van der Waals surface area contributed by atoms with Gasteiger partial charge < -0.3 is 21.1 Å². The third kappa shape index (κ3) is 5.66. The van der Waals surface area contributed by atoms with Crippen LogP contribution in [0.15, 0.2) is 5.38 Å². The minimum absolute atomic E-state index is 0.114. The molecule has 2 amide bonds. The monoisotopic (exact) mass is 286 g/mol. The van der Waals surface area contributed by atoms with Gasteiger partial charge in [0, 0.05) is 19.0 Å². The van der Waals surface area contributed by atoms with E-state index < -0.39 is 6.04 Å². The van der Waals surface area contributed by atoms with Crippen molar-refractivity contribution in [2.24, 2.45) is 0 Å². The normalized spacial score (nSPS) is 11.9. The number of nitrogen functional groups attached to an aromatic ring is 1. The van der Waals surface area contributed by atoms with Crippen LogP contribution >= 0.6 is 11.3 Å². The molecular weight excluding hydrogens is 268 g/mol. The number of nitrogens with zero attached hydrogens (tertiary/aromatic N) is 1. The number of amides is 2. The molecule has 0 saturated heterocycles. The van der Waals surface area contributed by atoms with Crippen molar-refractivity contribution in [1.82, 2.24) is 15.6 Å². The maximum Gasteiger partial charge on any atom is 0.242 e. The predicted octanol–water partition coefficient (Wildman–Crippen LogP) is -0.465. The second-order valence-electron chi connectivity index (χ2n) is 3.93. The third-order valence-electron chi connectivity index (χ3n) is 2.29. The molecule has 0 aliphatic carbocycles. The zero-order valence-corrected chi connectivity index (χ0v) is 11.8. The molecule has 0 spiro atoms. The maximum absolute atomic E-state index is 11.7. The van der Waals surface area contributed by atoms with Gasteiger partial charge in [-0.2, -0.15) is 0 Å². The van der Waals surface area contributed by atoms with Crippen LogP contribution in [-0.4, -0.2) is 43.1 Å². The molecule has 4 N–H and O–H groups in total. The molecular formula is C11H18N4O3S. The summed E-state index contributed by atoms with van der Waals surface area (Å²) in [4.78, 5) is 27.3. The van der Waals surface area contributed by atoms with Crippen molar-refractivity contribution in [3.05, 3.63) is 11.1 Å². The summed E-state index contributed by atoms with van der Waals surface area (Å²) in [6, 6.07) is -0.597. The molecule has 1 rings (SSSR count). The van der Waals surface area contributed by atoms with Crippen LogP contribution in [0.3, 0.4) is 0 Å². The van der Waals surface area contributed by atoms with Crippen LogP contribution in [0.5, 0.6) is 0 Å². The summed E-state index contributed by atoms with van der Waals surface area (Å²) in [5, 5.41) is 7.39. The van der Waals surface area contributed by atoms with Gasteiger partial charge >= 0.3 is 0 Å². The number of ether oxygens (including phenoxy) is 1. The van der Waals surface area contributed by atoms with Crippen molar-refractivity contribution in [2.45, 2.75) is 19.4 Å². The van der Waals surface area contributed by atoms with Crippen molar-refractivity contribution in [2.75, 3.05) is 26.0 Å². The fraction of sp³-hybridized carbons (Fsp3) is 0.545. The molecule has 1 heterocycles. The number of nitrogens with two attached hydrogens (primary N) is 1. The van der Waals surface area contributed by atoms with Gasteiger partial charge in [0.25, 0.3) is 0 Å². The summed E-state index contributed by atoms with van der Waals surface area (Å²) in [7, 11) is 1.55. The van der Waals surface area contributed by atoms with Crippen LogP contribution in [-0.2, 0) is 20.7 Å². The molecule has 0 fully saturated rings. The summed E-state index contributed by atoms with van der Waals surface area (Å²) in [5.74, 6) is -0.511. The fourth-order valence-electron chi connectivity index (χ4n) is 1.36. The first-order valence-corrected chi connectivity index (χ1v) is 6.66. The first kappa shape index (κ1) is 15.4. The Bertz CT molecular complexity index is 435. The Labute approximate surface area is 115 Å². The average molecular weight is 286 g/mol. The summed E-state index contributed by atoms with van der Waals surface area (Å²) in [6.07, 6.45) is 0.114. The summed E-state index contributed by atoms with van der Waals surface area (Å²) >= 11 is 1.28. The minimum Gasteiger partial charge on any atom is -0.383 e. The van der Waals surface area contributed by atoms with Crippen LogP contribution in [0.1, 0.15) is 12.6 Å². The van der Waals surface area contributed by atoms with Gasteiger partial charge in [-0.15, -0.1) is 11.3 Å². The Kier molecular flexibility index (Phi) is 6.23. The molecule has 0 aromatic carbocycles. The summed E-state index contributed by atoms with van der Waals surface area (Å²) in [6.45, 7) is 2.47. The quantitative estimate of drug-likeness (QED) is 0.588. The third-order valence-corrected chi connectivity index (χ3v) is 3.01. The van der Waals surface area contributed by atoms with Gasteiger partial charge in [0.1, 0.15) is 6.04 Å². The van der Waals surface area contributed by atoms with E-state index in [1.54, 1.807) is 19.4 Å². The molecule has 1 aromatic heterocycles. The maximum atomic E-state index is 11.7. The topological polar surface area (TPSA) is 106 Å². The number of carbonyl (C=O) groups is 2. The molecule has 0 radical (unpaired) electrons. The van der Waals surface area contributed by atoms with Crippen LogP contribution in [0.4, 0.5) is 5.13 Å². The Morgan fingerprint density at radius 3 is 2.89 bits per heavy atom. The summed E-state index contributed by atoms with van der Waals surface area (Å²) in [5.41, 5.74) is 6.08. The van der Waals surface area contributed by atoms with Crippen molar-refractivity contribution in [1.29, 1.82) is 0 Å². The molecule has 0 saturated carbocycles. The molecule has 1 aromatic rings. The average Bonchev–Trinajstić information content (AvgIpc) is 2.74. The van der Waals surface area contributed by atoms with E-state index in [2.05, 4.69) is 15.6 Å². The highest BCUT2D eigenvalue weighted by Crippen LogP contribution is 2.11. The van der Waals surface area contributed by atoms with Crippen LogP contribution in [0.25, 0.3) is 0 Å². The van der Waals surface area contributed by atoms with Gasteiger partial charge in [-0.3, -0.25) is 9.59 Å². The first-order valence-electron chi connectivity index (χ1n) is 5.78. The number of carbonyl (C=O) groups excluding carboxylic acids is 2. The van der Waals surface area contributed by atoms with Gasteiger partial charge in [0.05, 0.1) is 18.7 Å². The van der Waals surface area contributed by atoms with E-state index in [9.17, 15) is 9.59 Å². The number of anilines is 1. The number of hydrogen-bond acceptors (Lipinski definition) is 6. The van der Waals surface area contributed by atoms with Crippen molar-refractivity contribution in [3.63, 3.8) is 0 Å². The van der Waals surface area contributed by atoms with Gasteiger partial charge in [0.2, 0.25) is 11.8 Å². The molecule has 1 unspecified atom stereocenters. The zero-order chi connectivity index (χ0) is 14.3. The van der Waals surface area contributed by atoms with Crippen LogP contribution in [0, 0.1) is 0 Å². The predicted molar refractivity (Wildman–Crippen MR) is 72.7 cm³/mol. The molecule has 0 bridgehead atoms. The SMILES string of the molecule is COCCNC(=O)C(C)NC(=O)Cc1csc(N)n1. The molecule has 0 aliphatic heterocycles. The number of hydrogen-bond donors (Lipinski definition) is 3. The summed E-state index contributed by atoms with van der Waals surface area (Å²) < 4.78 is 4.81. The van der Waals surface area contributed by atoms with E-state index in [0.29, 0.717) is 24.0 Å². The van der Waals surface area contributed by atoms with E-state index in [1.807, 2.05) is 0 Å². The largest absolute Gasteiger partial charge is 0.383 e. The second kappa shape index (κ2) is 7.70. The Hall–Kier alpha value is -1.67. The first-order chi connectivity index (χ1) is 9.02. The lowest BCUT2D eigenvalue weighted by atomic mass is 10.2. The smallest absolute Gasteiger partial charge is 0.242 e. The molecule has 0 aliphatic rings.